The standard InChI is InChI=1S/C17H16F2O2/c1-9-7-11(3)14(13(8-9)21-4)17(20)15-12(18)6-5-10(2)16(15)19/h5-8H,1-4H3. The molecule has 0 fully saturated rings. The van der Waals surface area contributed by atoms with Crippen LogP contribution < -0.4 is 4.74 Å². The first kappa shape index (κ1) is 15.2. The smallest absolute Gasteiger partial charge is 0.202 e. The lowest BCUT2D eigenvalue weighted by Gasteiger charge is -2.13. The van der Waals surface area contributed by atoms with Crippen LogP contribution in [0.15, 0.2) is 24.3 Å². The first-order valence-corrected chi connectivity index (χ1v) is 6.51. The van der Waals surface area contributed by atoms with Crippen molar-refractivity contribution in [3.63, 3.8) is 0 Å². The lowest BCUT2D eigenvalue weighted by Crippen LogP contribution is -2.12. The van der Waals surface area contributed by atoms with Crippen LogP contribution in [0.2, 0.25) is 0 Å². The van der Waals surface area contributed by atoms with E-state index in [-0.39, 0.29) is 11.1 Å². The molecule has 0 aliphatic rings. The molecule has 0 amide bonds. The molecule has 0 aromatic heterocycles. The number of ether oxygens (including phenoxy) is 1. The van der Waals surface area contributed by atoms with Crippen molar-refractivity contribution >= 4 is 5.78 Å². The highest BCUT2D eigenvalue weighted by Gasteiger charge is 2.24. The molecule has 4 heteroatoms. The summed E-state index contributed by atoms with van der Waals surface area (Å²) in [6.45, 7) is 5.07. The normalized spacial score (nSPS) is 10.6. The Kier molecular flexibility index (Phi) is 4.07. The molecule has 21 heavy (non-hydrogen) atoms. The largest absolute Gasteiger partial charge is 0.496 e. The van der Waals surface area contributed by atoms with Gasteiger partial charge < -0.3 is 4.74 Å². The van der Waals surface area contributed by atoms with Crippen molar-refractivity contribution in [1.29, 1.82) is 0 Å². The van der Waals surface area contributed by atoms with Crippen LogP contribution >= 0.6 is 0 Å². The van der Waals surface area contributed by atoms with Gasteiger partial charge >= 0.3 is 0 Å². The van der Waals surface area contributed by atoms with E-state index in [0.717, 1.165) is 11.6 Å². The third-order valence-corrected chi connectivity index (χ3v) is 3.40. The summed E-state index contributed by atoms with van der Waals surface area (Å²) in [5.41, 5.74) is 1.40. The second-order valence-corrected chi connectivity index (χ2v) is 5.04. The van der Waals surface area contributed by atoms with Gasteiger partial charge in [0.15, 0.2) is 0 Å². The van der Waals surface area contributed by atoms with E-state index in [9.17, 15) is 13.6 Å². The zero-order valence-corrected chi connectivity index (χ0v) is 12.4. The van der Waals surface area contributed by atoms with Crippen LogP contribution in [0.5, 0.6) is 5.75 Å². The van der Waals surface area contributed by atoms with Gasteiger partial charge in [-0.25, -0.2) is 8.78 Å². The fraction of sp³-hybridized carbons (Fsp3) is 0.235. The number of hydrogen-bond donors (Lipinski definition) is 0. The van der Waals surface area contributed by atoms with Gasteiger partial charge in [0.05, 0.1) is 18.2 Å². The second-order valence-electron chi connectivity index (χ2n) is 5.04. The Balaban J connectivity index is 2.69. The van der Waals surface area contributed by atoms with Gasteiger partial charge in [-0.3, -0.25) is 4.79 Å². The van der Waals surface area contributed by atoms with Gasteiger partial charge in [-0.05, 0) is 49.6 Å². The lowest BCUT2D eigenvalue weighted by atomic mass is 9.95. The number of ketones is 1. The van der Waals surface area contributed by atoms with Gasteiger partial charge in [-0.1, -0.05) is 12.1 Å². The summed E-state index contributed by atoms with van der Waals surface area (Å²) in [4.78, 5) is 12.6. The van der Waals surface area contributed by atoms with E-state index in [1.54, 1.807) is 19.1 Å². The molecule has 0 saturated carbocycles. The van der Waals surface area contributed by atoms with Gasteiger partial charge in [0.1, 0.15) is 17.4 Å². The zero-order chi connectivity index (χ0) is 15.7. The molecule has 2 nitrogen and oxygen atoms in total. The molecule has 0 aliphatic heterocycles. The number of carbonyl (C=O) groups excluding carboxylic acids is 1. The van der Waals surface area contributed by atoms with Crippen molar-refractivity contribution < 1.29 is 18.3 Å². The number of carbonyl (C=O) groups is 1. The number of aryl methyl sites for hydroxylation is 3. The van der Waals surface area contributed by atoms with E-state index in [0.29, 0.717) is 11.3 Å². The van der Waals surface area contributed by atoms with Gasteiger partial charge in [-0.15, -0.1) is 0 Å². The Morgan fingerprint density at radius 1 is 1.00 bits per heavy atom. The fourth-order valence-corrected chi connectivity index (χ4v) is 2.37. The summed E-state index contributed by atoms with van der Waals surface area (Å²) >= 11 is 0. The minimum Gasteiger partial charge on any atom is -0.496 e. The topological polar surface area (TPSA) is 26.3 Å². The number of rotatable bonds is 3. The van der Waals surface area contributed by atoms with Gasteiger partial charge in [0, 0.05) is 0 Å². The van der Waals surface area contributed by atoms with E-state index < -0.39 is 23.0 Å². The Hall–Kier alpha value is -2.23. The zero-order valence-electron chi connectivity index (χ0n) is 12.4. The number of halogens is 2. The van der Waals surface area contributed by atoms with Crippen molar-refractivity contribution in [2.45, 2.75) is 20.8 Å². The van der Waals surface area contributed by atoms with Crippen LogP contribution in [0, 0.1) is 32.4 Å². The molecular weight excluding hydrogens is 274 g/mol. The Labute approximate surface area is 122 Å². The van der Waals surface area contributed by atoms with Crippen molar-refractivity contribution in [3.05, 3.63) is 63.7 Å². The summed E-state index contributed by atoms with van der Waals surface area (Å²) in [5, 5.41) is 0. The molecule has 2 aromatic rings. The number of methoxy groups -OCH3 is 1. The van der Waals surface area contributed by atoms with Crippen LogP contribution in [0.4, 0.5) is 8.78 Å². The maximum Gasteiger partial charge on any atom is 0.202 e. The molecule has 0 heterocycles. The molecule has 0 saturated heterocycles. The van der Waals surface area contributed by atoms with Crippen molar-refractivity contribution in [3.8, 4) is 5.75 Å². The summed E-state index contributed by atoms with van der Waals surface area (Å²) in [7, 11) is 1.42. The minimum absolute atomic E-state index is 0.187. The Morgan fingerprint density at radius 2 is 1.67 bits per heavy atom. The molecule has 0 N–H and O–H groups in total. The monoisotopic (exact) mass is 290 g/mol. The van der Waals surface area contributed by atoms with Crippen LogP contribution in [-0.4, -0.2) is 12.9 Å². The van der Waals surface area contributed by atoms with Crippen LogP contribution in [-0.2, 0) is 0 Å². The number of hydrogen-bond acceptors (Lipinski definition) is 2. The maximum atomic E-state index is 14.1. The van der Waals surface area contributed by atoms with E-state index in [1.165, 1.54) is 20.1 Å². The molecule has 0 aliphatic carbocycles. The second kappa shape index (κ2) is 5.64. The predicted molar refractivity (Wildman–Crippen MR) is 77.0 cm³/mol. The van der Waals surface area contributed by atoms with E-state index in [4.69, 9.17) is 4.74 Å². The average molecular weight is 290 g/mol. The average Bonchev–Trinajstić information content (AvgIpc) is 2.42. The summed E-state index contributed by atoms with van der Waals surface area (Å²) in [6, 6.07) is 5.86. The van der Waals surface area contributed by atoms with Crippen molar-refractivity contribution in [2.75, 3.05) is 7.11 Å². The summed E-state index contributed by atoms with van der Waals surface area (Å²) < 4.78 is 33.2. The van der Waals surface area contributed by atoms with Gasteiger partial charge in [0.2, 0.25) is 5.78 Å². The highest BCUT2D eigenvalue weighted by Crippen LogP contribution is 2.29. The van der Waals surface area contributed by atoms with Gasteiger partial charge in [0.25, 0.3) is 0 Å². The first-order chi connectivity index (χ1) is 9.86. The Morgan fingerprint density at radius 3 is 2.29 bits per heavy atom. The molecule has 0 radical (unpaired) electrons. The van der Waals surface area contributed by atoms with Crippen molar-refractivity contribution in [1.82, 2.24) is 0 Å². The third-order valence-electron chi connectivity index (χ3n) is 3.40. The number of benzene rings is 2. The van der Waals surface area contributed by atoms with Gasteiger partial charge in [-0.2, -0.15) is 0 Å². The molecule has 2 aromatic carbocycles. The molecule has 2 rings (SSSR count). The lowest BCUT2D eigenvalue weighted by molar-refractivity contribution is 0.102. The molecule has 0 unspecified atom stereocenters. The highest BCUT2D eigenvalue weighted by atomic mass is 19.1. The minimum atomic E-state index is -0.870. The molecular formula is C17H16F2O2. The van der Waals surface area contributed by atoms with E-state index >= 15 is 0 Å². The SMILES string of the molecule is COc1cc(C)cc(C)c1C(=O)c1c(F)ccc(C)c1F. The molecule has 0 bridgehead atoms. The summed E-state index contributed by atoms with van der Waals surface area (Å²) in [5.74, 6) is -2.09. The highest BCUT2D eigenvalue weighted by molar-refractivity contribution is 6.12. The fourth-order valence-electron chi connectivity index (χ4n) is 2.37. The maximum absolute atomic E-state index is 14.1. The van der Waals surface area contributed by atoms with E-state index in [1.807, 2.05) is 6.92 Å². The van der Waals surface area contributed by atoms with Crippen LogP contribution in [0.1, 0.15) is 32.6 Å². The summed E-state index contributed by atoms with van der Waals surface area (Å²) in [6.07, 6.45) is 0. The van der Waals surface area contributed by atoms with Crippen LogP contribution in [0.3, 0.4) is 0 Å². The molecule has 0 atom stereocenters. The quantitative estimate of drug-likeness (QED) is 0.794. The Bertz CT molecular complexity index is 721. The van der Waals surface area contributed by atoms with Crippen molar-refractivity contribution in [2.24, 2.45) is 0 Å². The predicted octanol–water partition coefficient (Wildman–Crippen LogP) is 4.13. The molecule has 0 spiro atoms. The van der Waals surface area contributed by atoms with Crippen LogP contribution in [0.25, 0.3) is 0 Å². The third kappa shape index (κ3) is 2.66. The molecule has 110 valence electrons. The first-order valence-electron chi connectivity index (χ1n) is 6.51. The van der Waals surface area contributed by atoms with E-state index in [2.05, 4.69) is 0 Å².